The first-order valence-electron chi connectivity index (χ1n) is 7.78. The highest BCUT2D eigenvalue weighted by Crippen LogP contribution is 2.35. The van der Waals surface area contributed by atoms with Crippen molar-refractivity contribution in [1.82, 2.24) is 0 Å². The first kappa shape index (κ1) is 14.7. The molecule has 0 spiro atoms. The van der Waals surface area contributed by atoms with Crippen LogP contribution in [-0.4, -0.2) is 5.78 Å². The predicted molar refractivity (Wildman–Crippen MR) is 74.1 cm³/mol. The molecule has 0 aromatic carbocycles. The van der Waals surface area contributed by atoms with Gasteiger partial charge in [-0.1, -0.05) is 52.9 Å². The molecule has 1 aliphatic carbocycles. The van der Waals surface area contributed by atoms with Gasteiger partial charge in [0.1, 0.15) is 5.78 Å². The zero-order chi connectivity index (χ0) is 12.7. The van der Waals surface area contributed by atoms with Gasteiger partial charge in [-0.25, -0.2) is 0 Å². The summed E-state index contributed by atoms with van der Waals surface area (Å²) < 4.78 is 0. The molecule has 1 aliphatic rings. The maximum absolute atomic E-state index is 12.6. The van der Waals surface area contributed by atoms with Crippen LogP contribution in [0.4, 0.5) is 0 Å². The summed E-state index contributed by atoms with van der Waals surface area (Å²) in [7, 11) is 0. The molecule has 1 nitrogen and oxygen atoms in total. The Balaban J connectivity index is 2.57. The van der Waals surface area contributed by atoms with Gasteiger partial charge >= 0.3 is 0 Å². The number of ketones is 1. The number of carbonyl (C=O) groups is 1. The summed E-state index contributed by atoms with van der Waals surface area (Å²) in [6, 6.07) is 0. The van der Waals surface area contributed by atoms with Crippen LogP contribution in [0.1, 0.15) is 78.6 Å². The molecule has 3 unspecified atom stereocenters. The summed E-state index contributed by atoms with van der Waals surface area (Å²) in [5, 5.41) is 0. The monoisotopic (exact) mass is 238 g/mol. The summed E-state index contributed by atoms with van der Waals surface area (Å²) in [4.78, 5) is 12.6. The van der Waals surface area contributed by atoms with Gasteiger partial charge in [-0.2, -0.15) is 0 Å². The van der Waals surface area contributed by atoms with Crippen molar-refractivity contribution in [2.75, 3.05) is 0 Å². The van der Waals surface area contributed by atoms with Crippen molar-refractivity contribution in [3.05, 3.63) is 0 Å². The number of rotatable bonds is 7. The van der Waals surface area contributed by atoms with Gasteiger partial charge in [0.15, 0.2) is 0 Å². The Bertz CT molecular complexity index is 222. The van der Waals surface area contributed by atoms with Crippen LogP contribution in [0.15, 0.2) is 0 Å². The normalized spacial score (nSPS) is 26.8. The second kappa shape index (κ2) is 7.89. The van der Waals surface area contributed by atoms with E-state index in [0.717, 1.165) is 12.8 Å². The van der Waals surface area contributed by atoms with Crippen molar-refractivity contribution < 1.29 is 4.79 Å². The topological polar surface area (TPSA) is 17.1 Å². The molecule has 0 radical (unpaired) electrons. The van der Waals surface area contributed by atoms with Crippen molar-refractivity contribution in [3.8, 4) is 0 Å². The van der Waals surface area contributed by atoms with Crippen LogP contribution in [0.2, 0.25) is 0 Å². The fourth-order valence-electron chi connectivity index (χ4n) is 3.37. The van der Waals surface area contributed by atoms with E-state index in [0.29, 0.717) is 23.5 Å². The Hall–Kier alpha value is -0.330. The Morgan fingerprint density at radius 2 is 1.88 bits per heavy atom. The van der Waals surface area contributed by atoms with E-state index in [1.165, 1.54) is 44.9 Å². The van der Waals surface area contributed by atoms with Gasteiger partial charge in [0, 0.05) is 11.8 Å². The summed E-state index contributed by atoms with van der Waals surface area (Å²) in [5.41, 5.74) is 0. The van der Waals surface area contributed by atoms with Gasteiger partial charge in [-0.05, 0) is 31.6 Å². The smallest absolute Gasteiger partial charge is 0.139 e. The van der Waals surface area contributed by atoms with Gasteiger partial charge in [0.05, 0.1) is 0 Å². The second-order valence-corrected chi connectivity index (χ2v) is 5.71. The predicted octanol–water partition coefficient (Wildman–Crippen LogP) is 4.99. The second-order valence-electron chi connectivity index (χ2n) is 5.71. The molecule has 17 heavy (non-hydrogen) atoms. The van der Waals surface area contributed by atoms with Crippen LogP contribution < -0.4 is 0 Å². The molecule has 100 valence electrons. The van der Waals surface area contributed by atoms with Gasteiger partial charge < -0.3 is 0 Å². The summed E-state index contributed by atoms with van der Waals surface area (Å²) in [5.74, 6) is 2.04. The molecule has 0 aromatic rings. The van der Waals surface area contributed by atoms with Gasteiger partial charge in [0.2, 0.25) is 0 Å². The SMILES string of the molecule is CCCCC(CC)C(=O)C1CCCCC1CC. The summed E-state index contributed by atoms with van der Waals surface area (Å²) in [6.07, 6.45) is 10.9. The Morgan fingerprint density at radius 1 is 1.18 bits per heavy atom. The standard InChI is InChI=1S/C16H30O/c1-4-7-10-14(6-3)16(17)15-12-9-8-11-13(15)5-2/h13-15H,4-12H2,1-3H3. The third kappa shape index (κ3) is 4.12. The fraction of sp³-hybridized carbons (Fsp3) is 0.938. The molecule has 0 amide bonds. The molecule has 0 bridgehead atoms. The van der Waals surface area contributed by atoms with E-state index < -0.39 is 0 Å². The Kier molecular flexibility index (Phi) is 6.84. The molecule has 0 aliphatic heterocycles. The molecule has 1 saturated carbocycles. The van der Waals surface area contributed by atoms with Crippen LogP contribution in [0.3, 0.4) is 0 Å². The maximum atomic E-state index is 12.6. The average Bonchev–Trinajstić information content (AvgIpc) is 2.39. The zero-order valence-corrected chi connectivity index (χ0v) is 12.0. The molecular formula is C16H30O. The largest absolute Gasteiger partial charge is 0.299 e. The van der Waals surface area contributed by atoms with Crippen LogP contribution in [0.5, 0.6) is 0 Å². The van der Waals surface area contributed by atoms with E-state index in [1.54, 1.807) is 0 Å². The Labute approximate surface area is 107 Å². The maximum Gasteiger partial charge on any atom is 0.139 e. The first-order valence-corrected chi connectivity index (χ1v) is 7.78. The minimum absolute atomic E-state index is 0.354. The van der Waals surface area contributed by atoms with Gasteiger partial charge in [-0.3, -0.25) is 4.79 Å². The summed E-state index contributed by atoms with van der Waals surface area (Å²) in [6.45, 7) is 6.65. The Morgan fingerprint density at radius 3 is 2.47 bits per heavy atom. The van der Waals surface area contributed by atoms with E-state index >= 15 is 0 Å². The average molecular weight is 238 g/mol. The summed E-state index contributed by atoms with van der Waals surface area (Å²) >= 11 is 0. The number of carbonyl (C=O) groups excluding carboxylic acids is 1. The van der Waals surface area contributed by atoms with E-state index in [9.17, 15) is 4.79 Å². The van der Waals surface area contributed by atoms with E-state index in [4.69, 9.17) is 0 Å². The van der Waals surface area contributed by atoms with Crippen molar-refractivity contribution in [2.45, 2.75) is 78.6 Å². The lowest BCUT2D eigenvalue weighted by molar-refractivity contribution is -0.130. The number of unbranched alkanes of at least 4 members (excludes halogenated alkanes) is 1. The first-order chi connectivity index (χ1) is 8.24. The molecule has 0 N–H and O–H groups in total. The molecule has 3 atom stereocenters. The number of hydrogen-bond acceptors (Lipinski definition) is 1. The third-order valence-corrected chi connectivity index (χ3v) is 4.60. The van der Waals surface area contributed by atoms with Crippen LogP contribution in [0, 0.1) is 17.8 Å². The molecular weight excluding hydrogens is 208 g/mol. The molecule has 1 heteroatoms. The lowest BCUT2D eigenvalue weighted by Gasteiger charge is -2.32. The highest BCUT2D eigenvalue weighted by molar-refractivity contribution is 5.83. The van der Waals surface area contributed by atoms with E-state index in [-0.39, 0.29) is 0 Å². The van der Waals surface area contributed by atoms with Crippen LogP contribution in [-0.2, 0) is 4.79 Å². The molecule has 0 heterocycles. The van der Waals surface area contributed by atoms with E-state index in [2.05, 4.69) is 20.8 Å². The van der Waals surface area contributed by atoms with Crippen molar-refractivity contribution in [2.24, 2.45) is 17.8 Å². The lowest BCUT2D eigenvalue weighted by atomic mass is 9.72. The van der Waals surface area contributed by atoms with Crippen molar-refractivity contribution in [1.29, 1.82) is 0 Å². The van der Waals surface area contributed by atoms with Gasteiger partial charge in [-0.15, -0.1) is 0 Å². The van der Waals surface area contributed by atoms with Crippen molar-refractivity contribution >= 4 is 5.78 Å². The molecule has 0 aromatic heterocycles. The minimum atomic E-state index is 0.354. The lowest BCUT2D eigenvalue weighted by Crippen LogP contribution is -2.31. The van der Waals surface area contributed by atoms with Crippen molar-refractivity contribution in [3.63, 3.8) is 0 Å². The van der Waals surface area contributed by atoms with Crippen LogP contribution in [0.25, 0.3) is 0 Å². The number of Topliss-reactive ketones (excluding diaryl/α,β-unsaturated/α-hetero) is 1. The highest BCUT2D eigenvalue weighted by Gasteiger charge is 2.32. The highest BCUT2D eigenvalue weighted by atomic mass is 16.1. The zero-order valence-electron chi connectivity index (χ0n) is 12.0. The van der Waals surface area contributed by atoms with Gasteiger partial charge in [0.25, 0.3) is 0 Å². The van der Waals surface area contributed by atoms with Crippen LogP contribution >= 0.6 is 0 Å². The minimum Gasteiger partial charge on any atom is -0.299 e. The van der Waals surface area contributed by atoms with E-state index in [1.807, 2.05) is 0 Å². The fourth-order valence-corrected chi connectivity index (χ4v) is 3.37. The molecule has 1 rings (SSSR count). The molecule has 1 fully saturated rings. The molecule has 0 saturated heterocycles. The third-order valence-electron chi connectivity index (χ3n) is 4.60. The number of hydrogen-bond donors (Lipinski definition) is 0. The quantitative estimate of drug-likeness (QED) is 0.611.